The minimum atomic E-state index is -1.97. The van der Waals surface area contributed by atoms with Gasteiger partial charge in [0.25, 0.3) is 5.91 Å². The number of ether oxygens (including phenoxy) is 4. The number of hydrogen-bond donors (Lipinski definition) is 1. The maximum atomic E-state index is 12.9. The molecule has 0 spiro atoms. The zero-order valence-corrected chi connectivity index (χ0v) is 17.6. The second kappa shape index (κ2) is 12.9. The fraction of sp³-hybridized carbons (Fsp3) is 0.571. The van der Waals surface area contributed by atoms with Gasteiger partial charge in [-0.2, -0.15) is 0 Å². The van der Waals surface area contributed by atoms with Crippen LogP contribution in [0.5, 0.6) is 0 Å². The molecule has 0 aliphatic carbocycles. The van der Waals surface area contributed by atoms with Crippen molar-refractivity contribution in [2.24, 2.45) is 0 Å². The molecule has 0 heterocycles. The third-order valence-electron chi connectivity index (χ3n) is 4.33. The van der Waals surface area contributed by atoms with Crippen LogP contribution in [-0.4, -0.2) is 56.6 Å². The van der Waals surface area contributed by atoms with Gasteiger partial charge in [-0.1, -0.05) is 25.1 Å². The van der Waals surface area contributed by atoms with Crippen LogP contribution in [-0.2, 0) is 28.5 Å². The predicted octanol–water partition coefficient (Wildman–Crippen LogP) is 2.46. The molecule has 1 aromatic rings. The van der Waals surface area contributed by atoms with E-state index in [2.05, 4.69) is 5.32 Å². The molecule has 0 radical (unpaired) electrons. The summed E-state index contributed by atoms with van der Waals surface area (Å²) in [5, 5.41) is 2.58. The molecule has 1 rings (SSSR count). The molecular weight excluding hydrogens is 378 g/mol. The van der Waals surface area contributed by atoms with E-state index < -0.39 is 23.4 Å². The van der Waals surface area contributed by atoms with Crippen molar-refractivity contribution in [1.29, 1.82) is 0 Å². The Kier molecular flexibility index (Phi) is 10.9. The minimum Gasteiger partial charge on any atom is -0.464 e. The maximum absolute atomic E-state index is 12.9. The Morgan fingerprint density at radius 2 is 1.59 bits per heavy atom. The molecule has 0 unspecified atom stereocenters. The largest absolute Gasteiger partial charge is 0.464 e. The average molecular weight is 409 g/mol. The lowest BCUT2D eigenvalue weighted by Crippen LogP contribution is -2.61. The van der Waals surface area contributed by atoms with Crippen LogP contribution in [0.3, 0.4) is 0 Å². The molecule has 1 aromatic carbocycles. The van der Waals surface area contributed by atoms with Gasteiger partial charge < -0.3 is 24.3 Å². The molecule has 8 nitrogen and oxygen atoms in total. The van der Waals surface area contributed by atoms with Crippen molar-refractivity contribution < 1.29 is 33.3 Å². The van der Waals surface area contributed by atoms with E-state index in [1.165, 1.54) is 7.11 Å². The third-order valence-corrected chi connectivity index (χ3v) is 4.33. The Morgan fingerprint density at radius 1 is 1.00 bits per heavy atom. The van der Waals surface area contributed by atoms with E-state index >= 15 is 0 Å². The first-order valence-corrected chi connectivity index (χ1v) is 9.77. The summed E-state index contributed by atoms with van der Waals surface area (Å²) in [7, 11) is 1.51. The Balaban J connectivity index is 3.20. The van der Waals surface area contributed by atoms with Crippen LogP contribution >= 0.6 is 0 Å². The van der Waals surface area contributed by atoms with Crippen LogP contribution in [0.2, 0.25) is 0 Å². The Bertz CT molecular complexity index is 630. The smallest absolute Gasteiger partial charge is 0.343 e. The first kappa shape index (κ1) is 24.6. The van der Waals surface area contributed by atoms with E-state index in [0.29, 0.717) is 18.4 Å². The molecule has 162 valence electrons. The standard InChI is InChI=1S/C21H31NO7/c1-5-17(29-15-26-4)13-14-21(19(24)27-6-2,20(25)28-7-3)22-18(23)16-11-9-8-10-12-16/h8-12,17H,5-7,13-15H2,1-4H3,(H,22,23)/t17-/m1/s1. The van der Waals surface area contributed by atoms with Crippen LogP contribution in [0.1, 0.15) is 50.4 Å². The van der Waals surface area contributed by atoms with Crippen LogP contribution in [0.25, 0.3) is 0 Å². The van der Waals surface area contributed by atoms with Crippen LogP contribution in [0.4, 0.5) is 0 Å². The van der Waals surface area contributed by atoms with E-state index in [9.17, 15) is 14.4 Å². The van der Waals surface area contributed by atoms with Gasteiger partial charge in [0.1, 0.15) is 6.79 Å². The monoisotopic (exact) mass is 409 g/mol. The first-order chi connectivity index (χ1) is 13.9. The first-order valence-electron chi connectivity index (χ1n) is 9.77. The molecule has 0 bridgehead atoms. The molecule has 8 heteroatoms. The van der Waals surface area contributed by atoms with Crippen molar-refractivity contribution in [3.8, 4) is 0 Å². The van der Waals surface area contributed by atoms with Crippen molar-refractivity contribution in [1.82, 2.24) is 5.32 Å². The van der Waals surface area contributed by atoms with E-state index in [1.54, 1.807) is 44.2 Å². The highest BCUT2D eigenvalue weighted by molar-refractivity contribution is 6.10. The Morgan fingerprint density at radius 3 is 2.07 bits per heavy atom. The van der Waals surface area contributed by atoms with E-state index in [0.717, 1.165) is 0 Å². The van der Waals surface area contributed by atoms with Gasteiger partial charge in [0, 0.05) is 12.7 Å². The summed E-state index contributed by atoms with van der Waals surface area (Å²) < 4.78 is 20.8. The SMILES string of the molecule is CCOC(=O)C(CC[C@@H](CC)OCOC)(NC(=O)c1ccccc1)C(=O)OCC. The summed E-state index contributed by atoms with van der Waals surface area (Å²) in [5.74, 6) is -2.29. The molecule has 29 heavy (non-hydrogen) atoms. The molecule has 0 saturated heterocycles. The van der Waals surface area contributed by atoms with Crippen LogP contribution in [0.15, 0.2) is 30.3 Å². The summed E-state index contributed by atoms with van der Waals surface area (Å²) in [6.45, 7) is 5.36. The molecule has 0 aliphatic heterocycles. The van der Waals surface area contributed by atoms with E-state index in [4.69, 9.17) is 18.9 Å². The summed E-state index contributed by atoms with van der Waals surface area (Å²) in [6, 6.07) is 8.33. The number of methoxy groups -OCH3 is 1. The summed E-state index contributed by atoms with van der Waals surface area (Å²) in [6.07, 6.45) is 0.641. The number of carbonyl (C=O) groups excluding carboxylic acids is 3. The van der Waals surface area contributed by atoms with Crippen LogP contribution in [0, 0.1) is 0 Å². The average Bonchev–Trinajstić information content (AvgIpc) is 2.73. The highest BCUT2D eigenvalue weighted by Gasteiger charge is 2.50. The van der Waals surface area contributed by atoms with Gasteiger partial charge in [-0.05, 0) is 45.2 Å². The molecule has 1 N–H and O–H groups in total. The van der Waals surface area contributed by atoms with E-state index in [1.807, 2.05) is 6.92 Å². The van der Waals surface area contributed by atoms with Crippen LogP contribution < -0.4 is 5.32 Å². The second-order valence-electron chi connectivity index (χ2n) is 6.31. The highest BCUT2D eigenvalue weighted by Crippen LogP contribution is 2.22. The Labute approximate surface area is 171 Å². The zero-order valence-electron chi connectivity index (χ0n) is 17.6. The topological polar surface area (TPSA) is 100 Å². The summed E-state index contributed by atoms with van der Waals surface area (Å²) in [5.41, 5.74) is -1.66. The summed E-state index contributed by atoms with van der Waals surface area (Å²) in [4.78, 5) is 38.5. The summed E-state index contributed by atoms with van der Waals surface area (Å²) >= 11 is 0. The molecule has 0 saturated carbocycles. The number of carbonyl (C=O) groups is 3. The lowest BCUT2D eigenvalue weighted by atomic mass is 9.90. The van der Waals surface area contributed by atoms with Crippen molar-refractivity contribution in [3.05, 3.63) is 35.9 Å². The van der Waals surface area contributed by atoms with Gasteiger partial charge in [-0.25, -0.2) is 9.59 Å². The van der Waals surface area contributed by atoms with Gasteiger partial charge >= 0.3 is 11.9 Å². The quantitative estimate of drug-likeness (QED) is 0.303. The lowest BCUT2D eigenvalue weighted by molar-refractivity contribution is -0.166. The predicted molar refractivity (Wildman–Crippen MR) is 106 cm³/mol. The molecule has 1 atom stereocenters. The fourth-order valence-electron chi connectivity index (χ4n) is 2.76. The molecular formula is C21H31NO7. The number of nitrogens with one attached hydrogen (secondary N) is 1. The minimum absolute atomic E-state index is 0.0362. The molecule has 1 amide bonds. The molecule has 0 aromatic heterocycles. The van der Waals surface area contributed by atoms with Crippen molar-refractivity contribution in [2.45, 2.75) is 51.7 Å². The molecule has 0 fully saturated rings. The number of amides is 1. The molecule has 0 aliphatic rings. The number of benzene rings is 1. The number of rotatable bonds is 13. The Hall–Kier alpha value is -2.45. The number of hydrogen-bond acceptors (Lipinski definition) is 7. The van der Waals surface area contributed by atoms with Crippen molar-refractivity contribution in [3.63, 3.8) is 0 Å². The fourth-order valence-corrected chi connectivity index (χ4v) is 2.76. The third kappa shape index (κ3) is 7.14. The normalized spacial score (nSPS) is 12.1. The lowest BCUT2D eigenvalue weighted by Gasteiger charge is -2.31. The van der Waals surface area contributed by atoms with E-state index in [-0.39, 0.29) is 32.5 Å². The highest BCUT2D eigenvalue weighted by atomic mass is 16.7. The zero-order chi connectivity index (χ0) is 21.7. The van der Waals surface area contributed by atoms with Gasteiger partial charge in [0.2, 0.25) is 5.54 Å². The van der Waals surface area contributed by atoms with Gasteiger partial charge in [0.05, 0.1) is 19.3 Å². The number of esters is 2. The van der Waals surface area contributed by atoms with Gasteiger partial charge in [0.15, 0.2) is 0 Å². The van der Waals surface area contributed by atoms with Gasteiger partial charge in [-0.3, -0.25) is 4.79 Å². The van der Waals surface area contributed by atoms with Gasteiger partial charge in [-0.15, -0.1) is 0 Å². The second-order valence-corrected chi connectivity index (χ2v) is 6.31. The maximum Gasteiger partial charge on any atom is 0.343 e. The van der Waals surface area contributed by atoms with Crippen molar-refractivity contribution in [2.75, 3.05) is 27.1 Å². The van der Waals surface area contributed by atoms with Crippen molar-refractivity contribution >= 4 is 17.8 Å².